The van der Waals surface area contributed by atoms with Gasteiger partial charge in [-0.2, -0.15) is 0 Å². The summed E-state index contributed by atoms with van der Waals surface area (Å²) in [5.74, 6) is 0.491. The summed E-state index contributed by atoms with van der Waals surface area (Å²) in [7, 11) is 0. The van der Waals surface area contributed by atoms with Crippen LogP contribution in [0.3, 0.4) is 0 Å². The quantitative estimate of drug-likeness (QED) is 0.784. The van der Waals surface area contributed by atoms with Crippen molar-refractivity contribution in [2.75, 3.05) is 0 Å². The lowest BCUT2D eigenvalue weighted by molar-refractivity contribution is -0.140. The van der Waals surface area contributed by atoms with Crippen LogP contribution in [-0.4, -0.2) is 22.9 Å². The number of rotatable bonds is 4. The summed E-state index contributed by atoms with van der Waals surface area (Å²) in [5.41, 5.74) is -1.17. The summed E-state index contributed by atoms with van der Waals surface area (Å²) < 4.78 is 0. The highest BCUT2D eigenvalue weighted by molar-refractivity contribution is 5.92. The highest BCUT2D eigenvalue weighted by Gasteiger charge is 2.51. The van der Waals surface area contributed by atoms with E-state index in [1.807, 2.05) is 26.8 Å². The van der Waals surface area contributed by atoms with Gasteiger partial charge in [-0.25, -0.2) is 0 Å². The van der Waals surface area contributed by atoms with Gasteiger partial charge in [0, 0.05) is 12.5 Å². The van der Waals surface area contributed by atoms with Crippen LogP contribution in [0.1, 0.15) is 60.8 Å². The molecule has 0 aliphatic heterocycles. The number of hydrogen-bond acceptors (Lipinski definition) is 2. The number of amides is 2. The predicted molar refractivity (Wildman–Crippen MR) is 90.3 cm³/mol. The monoisotopic (exact) mass is 308 g/mol. The fraction of sp³-hybridized carbons (Fsp3) is 0.778. The Balaban J connectivity index is 3.26. The Labute approximate surface area is 135 Å². The largest absolute Gasteiger partial charge is 0.349 e. The Hall–Kier alpha value is -1.32. The van der Waals surface area contributed by atoms with Gasteiger partial charge in [0.25, 0.3) is 0 Å². The lowest BCUT2D eigenvalue weighted by Crippen LogP contribution is -2.67. The molecule has 2 N–H and O–H groups in total. The van der Waals surface area contributed by atoms with Gasteiger partial charge in [0.05, 0.1) is 0 Å². The molecule has 3 atom stereocenters. The molecule has 4 nitrogen and oxygen atoms in total. The molecule has 126 valence electrons. The Morgan fingerprint density at radius 2 is 1.86 bits per heavy atom. The minimum atomic E-state index is -0.843. The van der Waals surface area contributed by atoms with Crippen LogP contribution in [0, 0.1) is 17.8 Å². The lowest BCUT2D eigenvalue weighted by Gasteiger charge is -2.48. The van der Waals surface area contributed by atoms with Gasteiger partial charge in [0.2, 0.25) is 11.8 Å². The highest BCUT2D eigenvalue weighted by atomic mass is 16.2. The molecule has 1 fully saturated rings. The summed E-state index contributed by atoms with van der Waals surface area (Å²) in [6.07, 6.45) is 4.49. The molecule has 1 aliphatic carbocycles. The summed E-state index contributed by atoms with van der Waals surface area (Å²) in [4.78, 5) is 24.9. The summed E-state index contributed by atoms with van der Waals surface area (Å²) in [6.45, 7) is 15.5. The molecular weight excluding hydrogens is 276 g/mol. The Morgan fingerprint density at radius 3 is 2.27 bits per heavy atom. The van der Waals surface area contributed by atoms with Gasteiger partial charge < -0.3 is 10.6 Å². The molecule has 0 saturated heterocycles. The summed E-state index contributed by atoms with van der Waals surface area (Å²) >= 11 is 0. The SMILES string of the molecule is C=C[C@@H]1CC[C@@H](C(C)C)[C@@](NC(C)=O)(C(=O)NC(C)(C)C)C1. The second-order valence-electron chi connectivity index (χ2n) is 7.98. The molecule has 2 amide bonds. The van der Waals surface area contributed by atoms with Crippen molar-refractivity contribution < 1.29 is 9.59 Å². The minimum absolute atomic E-state index is 0.0690. The number of nitrogens with one attached hydrogen (secondary N) is 2. The zero-order valence-electron chi connectivity index (χ0n) is 15.0. The first-order chi connectivity index (χ1) is 10.0. The molecule has 22 heavy (non-hydrogen) atoms. The molecule has 0 aromatic carbocycles. The Bertz CT molecular complexity index is 437. The Morgan fingerprint density at radius 1 is 1.27 bits per heavy atom. The first-order valence-electron chi connectivity index (χ1n) is 8.25. The summed E-state index contributed by atoms with van der Waals surface area (Å²) in [5, 5.41) is 6.09. The zero-order chi connectivity index (χ0) is 17.1. The zero-order valence-corrected chi connectivity index (χ0v) is 15.0. The van der Waals surface area contributed by atoms with Crippen molar-refractivity contribution in [3.63, 3.8) is 0 Å². The first kappa shape index (κ1) is 18.7. The van der Waals surface area contributed by atoms with Crippen molar-refractivity contribution in [1.82, 2.24) is 10.6 Å². The van der Waals surface area contributed by atoms with Gasteiger partial charge in [0.1, 0.15) is 5.54 Å². The fourth-order valence-electron chi connectivity index (χ4n) is 3.64. The van der Waals surface area contributed by atoms with Crippen LogP contribution in [0.15, 0.2) is 12.7 Å². The van der Waals surface area contributed by atoms with Crippen LogP contribution in [0.4, 0.5) is 0 Å². The van der Waals surface area contributed by atoms with E-state index in [1.54, 1.807) is 0 Å². The molecule has 1 saturated carbocycles. The molecule has 0 radical (unpaired) electrons. The molecule has 4 heteroatoms. The van der Waals surface area contributed by atoms with Crippen molar-refractivity contribution in [2.24, 2.45) is 17.8 Å². The predicted octanol–water partition coefficient (Wildman–Crippen LogP) is 3.03. The van der Waals surface area contributed by atoms with Crippen LogP contribution in [0.2, 0.25) is 0 Å². The van der Waals surface area contributed by atoms with Gasteiger partial charge >= 0.3 is 0 Å². The number of carbonyl (C=O) groups excluding carboxylic acids is 2. The van der Waals surface area contributed by atoms with Gasteiger partial charge in [0.15, 0.2) is 0 Å². The minimum Gasteiger partial charge on any atom is -0.349 e. The van der Waals surface area contributed by atoms with Crippen LogP contribution < -0.4 is 10.6 Å². The van der Waals surface area contributed by atoms with Crippen LogP contribution in [0.5, 0.6) is 0 Å². The van der Waals surface area contributed by atoms with Crippen LogP contribution >= 0.6 is 0 Å². The molecule has 0 aromatic heterocycles. The molecule has 1 rings (SSSR count). The standard InChI is InChI=1S/C18H32N2O2/c1-8-14-9-10-15(12(2)3)18(11-14,19-13(4)21)16(22)20-17(5,6)7/h8,12,14-15H,1,9-11H2,2-7H3,(H,19,21)(H,20,22)/t14-,15+,18-/m1/s1. The molecule has 0 spiro atoms. The van der Waals surface area contributed by atoms with Gasteiger partial charge in [-0.15, -0.1) is 6.58 Å². The third kappa shape index (κ3) is 4.34. The average molecular weight is 308 g/mol. The maximum absolute atomic E-state index is 13.1. The van der Waals surface area contributed by atoms with Crippen LogP contribution in [0.25, 0.3) is 0 Å². The fourth-order valence-corrected chi connectivity index (χ4v) is 3.64. The second-order valence-corrected chi connectivity index (χ2v) is 7.98. The van der Waals surface area contributed by atoms with Crippen LogP contribution in [-0.2, 0) is 9.59 Å². The molecule has 0 aromatic rings. The smallest absolute Gasteiger partial charge is 0.246 e. The number of hydrogen-bond donors (Lipinski definition) is 2. The van der Waals surface area contributed by atoms with Gasteiger partial charge in [-0.1, -0.05) is 19.9 Å². The van der Waals surface area contributed by atoms with E-state index in [0.29, 0.717) is 12.3 Å². The second kappa shape index (κ2) is 6.84. The van der Waals surface area contributed by atoms with Crippen molar-refractivity contribution in [1.29, 1.82) is 0 Å². The normalized spacial score (nSPS) is 29.0. The maximum Gasteiger partial charge on any atom is 0.246 e. The first-order valence-corrected chi connectivity index (χ1v) is 8.25. The van der Waals surface area contributed by atoms with E-state index < -0.39 is 5.54 Å². The average Bonchev–Trinajstić information content (AvgIpc) is 2.35. The topological polar surface area (TPSA) is 58.2 Å². The molecule has 0 bridgehead atoms. The third-order valence-electron chi connectivity index (χ3n) is 4.50. The number of carbonyl (C=O) groups is 2. The molecule has 0 unspecified atom stereocenters. The van der Waals surface area contributed by atoms with E-state index in [4.69, 9.17) is 0 Å². The highest BCUT2D eigenvalue weighted by Crippen LogP contribution is 2.42. The molecular formula is C18H32N2O2. The third-order valence-corrected chi connectivity index (χ3v) is 4.50. The van der Waals surface area contributed by atoms with Gasteiger partial charge in [-0.3, -0.25) is 9.59 Å². The van der Waals surface area contributed by atoms with Crippen molar-refractivity contribution in [2.45, 2.75) is 71.9 Å². The molecule has 0 heterocycles. The van der Waals surface area contributed by atoms with E-state index in [9.17, 15) is 9.59 Å². The lowest BCUT2D eigenvalue weighted by atomic mass is 9.63. The van der Waals surface area contributed by atoms with Gasteiger partial charge in [-0.05, 0) is 57.8 Å². The summed E-state index contributed by atoms with van der Waals surface area (Å²) in [6, 6.07) is 0. The molecule has 1 aliphatic rings. The maximum atomic E-state index is 13.1. The van der Waals surface area contributed by atoms with E-state index in [-0.39, 0.29) is 29.2 Å². The van der Waals surface area contributed by atoms with E-state index >= 15 is 0 Å². The van der Waals surface area contributed by atoms with E-state index in [2.05, 4.69) is 31.1 Å². The van der Waals surface area contributed by atoms with Crippen molar-refractivity contribution >= 4 is 11.8 Å². The van der Waals surface area contributed by atoms with E-state index in [0.717, 1.165) is 12.8 Å². The van der Waals surface area contributed by atoms with Crippen molar-refractivity contribution in [3.8, 4) is 0 Å². The number of allylic oxidation sites excluding steroid dienone is 1. The Kier molecular flexibility index (Phi) is 5.82. The van der Waals surface area contributed by atoms with E-state index in [1.165, 1.54) is 6.92 Å². The van der Waals surface area contributed by atoms with Crippen molar-refractivity contribution in [3.05, 3.63) is 12.7 Å².